The van der Waals surface area contributed by atoms with Crippen molar-refractivity contribution in [3.63, 3.8) is 0 Å². The van der Waals surface area contributed by atoms with Crippen LogP contribution in [0.5, 0.6) is 5.75 Å². The number of rotatable bonds is 3. The molecule has 3 aromatic rings. The lowest BCUT2D eigenvalue weighted by atomic mass is 10.2. The normalized spacial score (nSPS) is 10.7. The van der Waals surface area contributed by atoms with Crippen LogP contribution in [0.4, 0.5) is 5.13 Å². The number of aromatic carboxylic acids is 1. The van der Waals surface area contributed by atoms with E-state index in [2.05, 4.69) is 10.3 Å². The van der Waals surface area contributed by atoms with Crippen molar-refractivity contribution in [1.29, 1.82) is 0 Å². The number of aromatic hydroxyl groups is 1. The molecule has 0 bridgehead atoms. The third-order valence-corrected chi connectivity index (χ3v) is 4.30. The van der Waals surface area contributed by atoms with Crippen molar-refractivity contribution in [1.82, 2.24) is 4.98 Å². The van der Waals surface area contributed by atoms with Gasteiger partial charge in [-0.15, -0.1) is 0 Å². The number of nitrogens with one attached hydrogen (secondary N) is 1. The zero-order valence-electron chi connectivity index (χ0n) is 11.4. The molecule has 6 nitrogen and oxygen atoms in total. The summed E-state index contributed by atoms with van der Waals surface area (Å²) < 4.78 is 0.656. The van der Waals surface area contributed by atoms with Crippen LogP contribution in [-0.2, 0) is 0 Å². The van der Waals surface area contributed by atoms with Crippen LogP contribution in [0.15, 0.2) is 36.4 Å². The fourth-order valence-corrected chi connectivity index (χ4v) is 3.01. The molecule has 23 heavy (non-hydrogen) atoms. The number of anilines is 1. The second kappa shape index (κ2) is 5.86. The summed E-state index contributed by atoms with van der Waals surface area (Å²) in [5, 5.41) is 21.4. The quantitative estimate of drug-likeness (QED) is 0.671. The molecule has 0 fully saturated rings. The van der Waals surface area contributed by atoms with Gasteiger partial charge in [-0.1, -0.05) is 22.9 Å². The number of carbonyl (C=O) groups excluding carboxylic acids is 1. The number of fused-ring (bicyclic) bond motifs is 1. The van der Waals surface area contributed by atoms with Gasteiger partial charge in [0, 0.05) is 5.56 Å². The second-order valence-electron chi connectivity index (χ2n) is 4.63. The van der Waals surface area contributed by atoms with E-state index in [1.807, 2.05) is 0 Å². The number of carbonyl (C=O) groups is 2. The summed E-state index contributed by atoms with van der Waals surface area (Å²) >= 11 is 6.94. The first-order chi connectivity index (χ1) is 10.9. The van der Waals surface area contributed by atoms with Crippen molar-refractivity contribution in [2.24, 2.45) is 0 Å². The minimum absolute atomic E-state index is 0.0769. The van der Waals surface area contributed by atoms with Gasteiger partial charge in [0.05, 0.1) is 20.8 Å². The lowest BCUT2D eigenvalue weighted by Crippen LogP contribution is -2.11. The molecular formula is C15H9ClN2O4S. The van der Waals surface area contributed by atoms with Crippen molar-refractivity contribution >= 4 is 50.2 Å². The number of phenols is 1. The Morgan fingerprint density at radius 3 is 2.57 bits per heavy atom. The van der Waals surface area contributed by atoms with Gasteiger partial charge in [-0.25, -0.2) is 9.78 Å². The zero-order chi connectivity index (χ0) is 16.6. The predicted molar refractivity (Wildman–Crippen MR) is 87.6 cm³/mol. The molecule has 0 saturated carbocycles. The predicted octanol–water partition coefficient (Wildman–Crippen LogP) is 3.61. The maximum atomic E-state index is 12.2. The number of hydrogen-bond donors (Lipinski definition) is 3. The molecule has 1 heterocycles. The Kier molecular flexibility index (Phi) is 3.89. The van der Waals surface area contributed by atoms with Crippen LogP contribution < -0.4 is 5.32 Å². The Hall–Kier alpha value is -2.64. The highest BCUT2D eigenvalue weighted by atomic mass is 35.5. The minimum Gasteiger partial charge on any atom is -0.506 e. The molecule has 0 atom stereocenters. The van der Waals surface area contributed by atoms with Gasteiger partial charge >= 0.3 is 5.97 Å². The summed E-state index contributed by atoms with van der Waals surface area (Å²) in [5.74, 6) is -1.56. The molecule has 3 N–H and O–H groups in total. The summed E-state index contributed by atoms with van der Waals surface area (Å²) in [6.45, 7) is 0. The van der Waals surface area contributed by atoms with Gasteiger partial charge in [0.25, 0.3) is 5.91 Å². The van der Waals surface area contributed by atoms with E-state index in [9.17, 15) is 14.7 Å². The Morgan fingerprint density at radius 1 is 1.13 bits per heavy atom. The monoisotopic (exact) mass is 348 g/mol. The molecule has 0 aliphatic heterocycles. The Labute approximate surface area is 139 Å². The SMILES string of the molecule is O=C(O)c1ccc2nc(NC(=O)c3ccc(O)c(Cl)c3)sc2c1. The third kappa shape index (κ3) is 3.10. The van der Waals surface area contributed by atoms with Crippen LogP contribution in [0.25, 0.3) is 10.2 Å². The molecule has 0 saturated heterocycles. The van der Waals surface area contributed by atoms with Gasteiger partial charge in [0.1, 0.15) is 5.75 Å². The first-order valence-corrected chi connectivity index (χ1v) is 7.57. The van der Waals surface area contributed by atoms with Crippen LogP contribution in [0.2, 0.25) is 5.02 Å². The summed E-state index contributed by atoms with van der Waals surface area (Å²) in [6, 6.07) is 8.66. The van der Waals surface area contributed by atoms with E-state index in [1.54, 1.807) is 6.07 Å². The van der Waals surface area contributed by atoms with Crippen LogP contribution >= 0.6 is 22.9 Å². The van der Waals surface area contributed by atoms with E-state index in [0.717, 1.165) is 0 Å². The summed E-state index contributed by atoms with van der Waals surface area (Å²) in [4.78, 5) is 27.3. The lowest BCUT2D eigenvalue weighted by molar-refractivity contribution is 0.0697. The highest BCUT2D eigenvalue weighted by Gasteiger charge is 2.13. The van der Waals surface area contributed by atoms with Crippen LogP contribution in [-0.4, -0.2) is 27.1 Å². The number of carboxylic acids is 1. The number of nitrogens with zero attached hydrogens (tertiary/aromatic N) is 1. The lowest BCUT2D eigenvalue weighted by Gasteiger charge is -2.03. The van der Waals surface area contributed by atoms with Crippen molar-refractivity contribution in [3.8, 4) is 5.75 Å². The molecule has 0 unspecified atom stereocenters. The van der Waals surface area contributed by atoms with Crippen LogP contribution in [0.3, 0.4) is 0 Å². The van der Waals surface area contributed by atoms with Crippen LogP contribution in [0.1, 0.15) is 20.7 Å². The van der Waals surface area contributed by atoms with E-state index in [4.69, 9.17) is 16.7 Å². The second-order valence-corrected chi connectivity index (χ2v) is 6.06. The summed E-state index contributed by atoms with van der Waals surface area (Å²) in [7, 11) is 0. The summed E-state index contributed by atoms with van der Waals surface area (Å²) in [6.07, 6.45) is 0. The smallest absolute Gasteiger partial charge is 0.335 e. The highest BCUT2D eigenvalue weighted by molar-refractivity contribution is 7.22. The van der Waals surface area contributed by atoms with Crippen molar-refractivity contribution in [3.05, 3.63) is 52.5 Å². The largest absolute Gasteiger partial charge is 0.506 e. The van der Waals surface area contributed by atoms with Crippen molar-refractivity contribution in [2.75, 3.05) is 5.32 Å². The number of benzene rings is 2. The fraction of sp³-hybridized carbons (Fsp3) is 0. The van der Waals surface area contributed by atoms with Gasteiger partial charge in [0.15, 0.2) is 5.13 Å². The van der Waals surface area contributed by atoms with Crippen molar-refractivity contribution < 1.29 is 19.8 Å². The third-order valence-electron chi connectivity index (χ3n) is 3.07. The minimum atomic E-state index is -1.02. The molecular weight excluding hydrogens is 340 g/mol. The molecule has 1 aromatic heterocycles. The number of hydrogen-bond acceptors (Lipinski definition) is 5. The molecule has 116 valence electrons. The fourth-order valence-electron chi connectivity index (χ4n) is 1.93. The average molecular weight is 349 g/mol. The Morgan fingerprint density at radius 2 is 1.87 bits per heavy atom. The first-order valence-electron chi connectivity index (χ1n) is 6.38. The van der Waals surface area contributed by atoms with Gasteiger partial charge in [-0.2, -0.15) is 0 Å². The van der Waals surface area contributed by atoms with E-state index in [1.165, 1.54) is 41.7 Å². The van der Waals surface area contributed by atoms with E-state index < -0.39 is 11.9 Å². The number of aromatic nitrogens is 1. The van der Waals surface area contributed by atoms with E-state index in [0.29, 0.717) is 15.3 Å². The molecule has 2 aromatic carbocycles. The van der Waals surface area contributed by atoms with E-state index in [-0.39, 0.29) is 21.9 Å². The molecule has 0 radical (unpaired) electrons. The Bertz CT molecular complexity index is 938. The average Bonchev–Trinajstić information content (AvgIpc) is 2.90. The molecule has 3 rings (SSSR count). The number of carboxylic acid groups (broad SMARTS) is 1. The number of thiazole rings is 1. The molecule has 8 heteroatoms. The molecule has 0 aliphatic rings. The molecule has 0 spiro atoms. The molecule has 0 aliphatic carbocycles. The van der Waals surface area contributed by atoms with Gasteiger partial charge in [-0.05, 0) is 36.4 Å². The standard InChI is InChI=1S/C15H9ClN2O4S/c16-9-5-7(2-4-11(9)19)13(20)18-15-17-10-3-1-8(14(21)22)6-12(10)23-15/h1-6,19H,(H,21,22)(H,17,18,20). The molecule has 1 amide bonds. The summed E-state index contributed by atoms with van der Waals surface area (Å²) in [5.41, 5.74) is 1.03. The topological polar surface area (TPSA) is 99.5 Å². The van der Waals surface area contributed by atoms with Gasteiger partial charge in [-0.3, -0.25) is 10.1 Å². The zero-order valence-corrected chi connectivity index (χ0v) is 13.0. The number of amides is 1. The van der Waals surface area contributed by atoms with Gasteiger partial charge in [0.2, 0.25) is 0 Å². The Balaban J connectivity index is 1.87. The van der Waals surface area contributed by atoms with Crippen molar-refractivity contribution in [2.45, 2.75) is 0 Å². The van der Waals surface area contributed by atoms with Crippen LogP contribution in [0, 0.1) is 0 Å². The number of phenolic OH excluding ortho intramolecular Hbond substituents is 1. The van der Waals surface area contributed by atoms with Gasteiger partial charge < -0.3 is 10.2 Å². The maximum Gasteiger partial charge on any atom is 0.335 e. The highest BCUT2D eigenvalue weighted by Crippen LogP contribution is 2.28. The number of halogens is 1. The first kappa shape index (κ1) is 15.3. The van der Waals surface area contributed by atoms with E-state index >= 15 is 0 Å². The maximum absolute atomic E-state index is 12.2.